The van der Waals surface area contributed by atoms with Gasteiger partial charge < -0.3 is 20.1 Å². The van der Waals surface area contributed by atoms with Crippen molar-refractivity contribution in [2.24, 2.45) is 0 Å². The Labute approximate surface area is 118 Å². The molecule has 2 N–H and O–H groups in total. The van der Waals surface area contributed by atoms with Crippen LogP contribution in [0.15, 0.2) is 12.7 Å². The summed E-state index contributed by atoms with van der Waals surface area (Å²) in [5.74, 6) is -0.343. The van der Waals surface area contributed by atoms with Crippen LogP contribution in [0.4, 0.5) is 4.79 Å². The Balaban J connectivity index is 4.46. The summed E-state index contributed by atoms with van der Waals surface area (Å²) >= 11 is 1.54. The summed E-state index contributed by atoms with van der Waals surface area (Å²) in [6.45, 7) is 4.71. The van der Waals surface area contributed by atoms with Crippen molar-refractivity contribution in [2.45, 2.75) is 12.5 Å². The van der Waals surface area contributed by atoms with E-state index in [1.54, 1.807) is 24.9 Å². The first-order chi connectivity index (χ1) is 9.06. The molecule has 0 spiro atoms. The predicted octanol–water partition coefficient (Wildman–Crippen LogP) is 1.04. The summed E-state index contributed by atoms with van der Waals surface area (Å²) in [4.78, 5) is 24.5. The van der Waals surface area contributed by atoms with E-state index < -0.39 is 18.0 Å². The van der Waals surface area contributed by atoms with Crippen LogP contribution in [-0.2, 0) is 9.53 Å². The third-order valence-corrected chi connectivity index (χ3v) is 3.05. The summed E-state index contributed by atoms with van der Waals surface area (Å²) in [6.07, 6.45) is 3.88. The quantitative estimate of drug-likeness (QED) is 0.588. The number of nitrogens with one attached hydrogen (secondary N) is 1. The van der Waals surface area contributed by atoms with Crippen LogP contribution in [-0.4, -0.2) is 66.9 Å². The molecule has 7 heteroatoms. The van der Waals surface area contributed by atoms with E-state index in [4.69, 9.17) is 9.84 Å². The second kappa shape index (κ2) is 10.7. The van der Waals surface area contributed by atoms with Crippen molar-refractivity contribution in [3.8, 4) is 0 Å². The van der Waals surface area contributed by atoms with Crippen LogP contribution in [0.3, 0.4) is 0 Å². The van der Waals surface area contributed by atoms with Gasteiger partial charge in [0.2, 0.25) is 0 Å². The third kappa shape index (κ3) is 7.74. The topological polar surface area (TPSA) is 78.9 Å². The van der Waals surface area contributed by atoms with Crippen LogP contribution in [0.25, 0.3) is 0 Å². The molecular weight excluding hydrogens is 268 g/mol. The Morgan fingerprint density at radius 3 is 2.74 bits per heavy atom. The van der Waals surface area contributed by atoms with Gasteiger partial charge in [-0.25, -0.2) is 9.59 Å². The molecule has 0 aromatic carbocycles. The summed E-state index contributed by atoms with van der Waals surface area (Å²) in [6, 6.07) is -1.28. The summed E-state index contributed by atoms with van der Waals surface area (Å²) in [5, 5.41) is 11.6. The molecule has 0 aliphatic rings. The van der Waals surface area contributed by atoms with Gasteiger partial charge in [0.05, 0.1) is 6.61 Å². The molecule has 0 saturated carbocycles. The Morgan fingerprint density at radius 1 is 1.58 bits per heavy atom. The van der Waals surface area contributed by atoms with Gasteiger partial charge in [-0.2, -0.15) is 11.8 Å². The van der Waals surface area contributed by atoms with Gasteiger partial charge in [0, 0.05) is 20.2 Å². The SMILES string of the molecule is C=CCN(CCOC)C(=O)NC(CCSC)C(=O)O. The molecule has 0 rings (SSSR count). The monoisotopic (exact) mass is 290 g/mol. The number of carbonyl (C=O) groups excluding carboxylic acids is 1. The fourth-order valence-electron chi connectivity index (χ4n) is 1.37. The van der Waals surface area contributed by atoms with Crippen molar-refractivity contribution in [3.05, 3.63) is 12.7 Å². The first-order valence-corrected chi connectivity index (χ1v) is 7.33. The van der Waals surface area contributed by atoms with Crippen LogP contribution in [0.1, 0.15) is 6.42 Å². The third-order valence-electron chi connectivity index (χ3n) is 2.41. The number of thioether (sulfide) groups is 1. The highest BCUT2D eigenvalue weighted by atomic mass is 32.2. The number of hydrogen-bond donors (Lipinski definition) is 2. The van der Waals surface area contributed by atoms with Crippen LogP contribution in [0, 0.1) is 0 Å². The molecule has 19 heavy (non-hydrogen) atoms. The first kappa shape index (κ1) is 17.8. The van der Waals surface area contributed by atoms with Crippen molar-refractivity contribution < 1.29 is 19.4 Å². The number of urea groups is 1. The molecule has 0 heterocycles. The molecule has 1 unspecified atom stereocenters. The first-order valence-electron chi connectivity index (χ1n) is 5.93. The molecule has 0 aliphatic carbocycles. The van der Waals surface area contributed by atoms with Gasteiger partial charge in [-0.15, -0.1) is 6.58 Å². The fourth-order valence-corrected chi connectivity index (χ4v) is 1.84. The smallest absolute Gasteiger partial charge is 0.326 e. The van der Waals surface area contributed by atoms with E-state index in [1.807, 2.05) is 6.26 Å². The minimum atomic E-state index is -1.02. The fraction of sp³-hybridized carbons (Fsp3) is 0.667. The van der Waals surface area contributed by atoms with Crippen molar-refractivity contribution in [1.29, 1.82) is 0 Å². The number of carbonyl (C=O) groups is 2. The highest BCUT2D eigenvalue weighted by molar-refractivity contribution is 7.98. The molecule has 0 radical (unpaired) electrons. The average molecular weight is 290 g/mol. The maximum Gasteiger partial charge on any atom is 0.326 e. The van der Waals surface area contributed by atoms with E-state index in [9.17, 15) is 9.59 Å². The normalized spacial score (nSPS) is 11.7. The van der Waals surface area contributed by atoms with E-state index in [0.29, 0.717) is 31.9 Å². The molecular formula is C12H22N2O4S. The molecule has 0 saturated heterocycles. The number of rotatable bonds is 10. The lowest BCUT2D eigenvalue weighted by atomic mass is 10.2. The minimum Gasteiger partial charge on any atom is -0.480 e. The van der Waals surface area contributed by atoms with Gasteiger partial charge in [-0.05, 0) is 18.4 Å². The molecule has 0 aromatic rings. The number of methoxy groups -OCH3 is 1. The van der Waals surface area contributed by atoms with E-state index in [-0.39, 0.29) is 0 Å². The summed E-state index contributed by atoms with van der Waals surface area (Å²) in [7, 11) is 1.54. The maximum atomic E-state index is 12.0. The van der Waals surface area contributed by atoms with Gasteiger partial charge >= 0.3 is 12.0 Å². The van der Waals surface area contributed by atoms with Crippen LogP contribution in [0.5, 0.6) is 0 Å². The Hall–Kier alpha value is -1.21. The molecule has 0 aromatic heterocycles. The molecule has 0 fully saturated rings. The predicted molar refractivity (Wildman–Crippen MR) is 76.6 cm³/mol. The van der Waals surface area contributed by atoms with Crippen molar-refractivity contribution in [3.63, 3.8) is 0 Å². The lowest BCUT2D eigenvalue weighted by Gasteiger charge is -2.23. The zero-order valence-electron chi connectivity index (χ0n) is 11.4. The van der Waals surface area contributed by atoms with Crippen LogP contribution >= 0.6 is 11.8 Å². The maximum absolute atomic E-state index is 12.0. The number of carboxylic acids is 1. The minimum absolute atomic E-state index is 0.351. The number of carboxylic acid groups (broad SMARTS) is 1. The van der Waals surface area contributed by atoms with Gasteiger partial charge in [-0.1, -0.05) is 6.08 Å². The summed E-state index contributed by atoms with van der Waals surface area (Å²) in [5.41, 5.74) is 0. The van der Waals surface area contributed by atoms with Crippen LogP contribution < -0.4 is 5.32 Å². The van der Waals surface area contributed by atoms with E-state index in [1.165, 1.54) is 4.90 Å². The van der Waals surface area contributed by atoms with Crippen LogP contribution in [0.2, 0.25) is 0 Å². The van der Waals surface area contributed by atoms with E-state index in [0.717, 1.165) is 0 Å². The van der Waals surface area contributed by atoms with Crippen molar-refractivity contribution >= 4 is 23.8 Å². The summed E-state index contributed by atoms with van der Waals surface area (Å²) < 4.78 is 4.91. The Morgan fingerprint density at radius 2 is 2.26 bits per heavy atom. The van der Waals surface area contributed by atoms with Gasteiger partial charge in [0.1, 0.15) is 6.04 Å². The molecule has 2 amide bonds. The second-order valence-electron chi connectivity index (χ2n) is 3.85. The second-order valence-corrected chi connectivity index (χ2v) is 4.83. The Kier molecular flexibility index (Phi) is 10.0. The number of aliphatic carboxylic acids is 1. The molecule has 0 bridgehead atoms. The lowest BCUT2D eigenvalue weighted by Crippen LogP contribution is -2.49. The Bertz CT molecular complexity index is 299. The lowest BCUT2D eigenvalue weighted by molar-refractivity contribution is -0.139. The zero-order chi connectivity index (χ0) is 14.7. The van der Waals surface area contributed by atoms with Gasteiger partial charge in [-0.3, -0.25) is 0 Å². The number of ether oxygens (including phenoxy) is 1. The highest BCUT2D eigenvalue weighted by Crippen LogP contribution is 2.02. The molecule has 1 atom stereocenters. The highest BCUT2D eigenvalue weighted by Gasteiger charge is 2.22. The van der Waals surface area contributed by atoms with Gasteiger partial charge in [0.15, 0.2) is 0 Å². The zero-order valence-corrected chi connectivity index (χ0v) is 12.2. The largest absolute Gasteiger partial charge is 0.480 e. The van der Waals surface area contributed by atoms with E-state index in [2.05, 4.69) is 11.9 Å². The number of nitrogens with zero attached hydrogens (tertiary/aromatic N) is 1. The molecule has 0 aliphatic heterocycles. The number of amides is 2. The van der Waals surface area contributed by atoms with Crippen molar-refractivity contribution in [2.75, 3.05) is 38.8 Å². The van der Waals surface area contributed by atoms with E-state index >= 15 is 0 Å². The standard InChI is InChI=1S/C12H22N2O4S/c1-4-6-14(7-8-18-2)12(17)13-10(11(15)16)5-9-19-3/h4,10H,1,5-9H2,2-3H3,(H,13,17)(H,15,16). The molecule has 6 nitrogen and oxygen atoms in total. The van der Waals surface area contributed by atoms with Crippen molar-refractivity contribution in [1.82, 2.24) is 10.2 Å². The van der Waals surface area contributed by atoms with Gasteiger partial charge in [0.25, 0.3) is 0 Å². The number of hydrogen-bond acceptors (Lipinski definition) is 4. The average Bonchev–Trinajstić information content (AvgIpc) is 2.38. The molecule has 110 valence electrons.